The molecule has 1 N–H and O–H groups in total. The summed E-state index contributed by atoms with van der Waals surface area (Å²) in [6.45, 7) is 6.49. The van der Waals surface area contributed by atoms with Gasteiger partial charge in [-0.15, -0.1) is 5.10 Å². The molecule has 0 spiro atoms. The summed E-state index contributed by atoms with van der Waals surface area (Å²) in [5.41, 5.74) is 4.39. The molecule has 0 saturated carbocycles. The van der Waals surface area contributed by atoms with Crippen molar-refractivity contribution in [3.05, 3.63) is 88.7 Å². The van der Waals surface area contributed by atoms with E-state index >= 15 is 0 Å². The molecule has 6 nitrogen and oxygen atoms in total. The van der Waals surface area contributed by atoms with Crippen LogP contribution in [0, 0.1) is 13.8 Å². The first-order valence-corrected chi connectivity index (χ1v) is 10.7. The number of carbonyl (C=O) groups is 1. The predicted molar refractivity (Wildman–Crippen MR) is 127 cm³/mol. The lowest BCUT2D eigenvalue weighted by molar-refractivity contribution is 0.101. The van der Waals surface area contributed by atoms with E-state index in [1.54, 1.807) is 16.8 Å². The zero-order valence-corrected chi connectivity index (χ0v) is 18.8. The van der Waals surface area contributed by atoms with Crippen molar-refractivity contribution in [2.45, 2.75) is 20.8 Å². The second-order valence-electron chi connectivity index (χ2n) is 7.31. The van der Waals surface area contributed by atoms with Crippen LogP contribution >= 0.6 is 11.6 Å². The zero-order chi connectivity index (χ0) is 22.7. The molecule has 0 saturated heterocycles. The number of nitrogens with zero attached hydrogens (tertiary/aromatic N) is 3. The Morgan fingerprint density at radius 1 is 1.03 bits per heavy atom. The number of ether oxygens (including phenoxy) is 1. The molecule has 1 amide bonds. The Bertz CT molecular complexity index is 1250. The minimum absolute atomic E-state index is 0.0738. The lowest BCUT2D eigenvalue weighted by Crippen LogP contribution is -2.15. The molecular weight excluding hydrogens is 424 g/mol. The number of halogens is 1. The topological polar surface area (TPSA) is 69.0 Å². The van der Waals surface area contributed by atoms with Crippen LogP contribution < -0.4 is 10.1 Å². The maximum Gasteiger partial charge on any atom is 0.295 e. The average Bonchev–Trinajstić information content (AvgIpc) is 3.24. The molecule has 0 aliphatic carbocycles. The van der Waals surface area contributed by atoms with E-state index in [0.29, 0.717) is 17.5 Å². The molecule has 0 radical (unpaired) electrons. The average molecular weight is 447 g/mol. The summed E-state index contributed by atoms with van der Waals surface area (Å²) in [4.78, 5) is 17.6. The molecule has 3 aromatic carbocycles. The Morgan fingerprint density at radius 3 is 2.44 bits per heavy atom. The van der Waals surface area contributed by atoms with Gasteiger partial charge in [-0.05, 0) is 86.5 Å². The molecule has 4 rings (SSSR count). The van der Waals surface area contributed by atoms with Crippen LogP contribution in [0.4, 0.5) is 5.69 Å². The van der Waals surface area contributed by atoms with E-state index < -0.39 is 0 Å². The minimum Gasteiger partial charge on any atom is -0.494 e. The molecule has 0 atom stereocenters. The van der Waals surface area contributed by atoms with Gasteiger partial charge in [-0.25, -0.2) is 9.67 Å². The highest BCUT2D eigenvalue weighted by atomic mass is 35.5. The molecule has 0 aliphatic heterocycles. The summed E-state index contributed by atoms with van der Waals surface area (Å²) in [6, 6.07) is 20.5. The minimum atomic E-state index is -0.376. The number of nitrogens with one attached hydrogen (secondary N) is 1. The van der Waals surface area contributed by atoms with Crippen molar-refractivity contribution in [2.24, 2.45) is 0 Å². The number of hydrogen-bond donors (Lipinski definition) is 1. The first-order chi connectivity index (χ1) is 15.5. The van der Waals surface area contributed by atoms with Gasteiger partial charge in [0.2, 0.25) is 5.82 Å². The van der Waals surface area contributed by atoms with E-state index in [2.05, 4.69) is 15.4 Å². The first kappa shape index (κ1) is 21.6. The molecule has 0 fully saturated rings. The van der Waals surface area contributed by atoms with Gasteiger partial charge in [0.1, 0.15) is 5.75 Å². The number of amides is 1. The predicted octanol–water partition coefficient (Wildman–Crippen LogP) is 5.86. The van der Waals surface area contributed by atoms with Crippen LogP contribution in [0.2, 0.25) is 5.02 Å². The maximum atomic E-state index is 13.0. The Balaban J connectivity index is 1.74. The Labute approximate surface area is 191 Å². The number of rotatable bonds is 6. The molecule has 0 unspecified atom stereocenters. The van der Waals surface area contributed by atoms with E-state index in [4.69, 9.17) is 16.3 Å². The van der Waals surface area contributed by atoms with Gasteiger partial charge in [-0.3, -0.25) is 4.79 Å². The summed E-state index contributed by atoms with van der Waals surface area (Å²) in [5, 5.41) is 8.07. The summed E-state index contributed by atoms with van der Waals surface area (Å²) >= 11 is 6.06. The van der Waals surface area contributed by atoms with Crippen LogP contribution in [-0.4, -0.2) is 27.3 Å². The van der Waals surface area contributed by atoms with Crippen LogP contribution in [0.3, 0.4) is 0 Å². The van der Waals surface area contributed by atoms with Crippen LogP contribution in [0.25, 0.3) is 17.1 Å². The Morgan fingerprint density at radius 2 is 1.75 bits per heavy atom. The molecule has 0 bridgehead atoms. The van der Waals surface area contributed by atoms with Gasteiger partial charge in [-0.1, -0.05) is 23.7 Å². The van der Waals surface area contributed by atoms with Crippen molar-refractivity contribution in [3.8, 4) is 22.8 Å². The molecule has 162 valence electrons. The van der Waals surface area contributed by atoms with E-state index in [9.17, 15) is 4.79 Å². The largest absolute Gasteiger partial charge is 0.494 e. The standard InChI is InChI=1S/C25H23ClN4O2/c1-4-32-21-14-12-20(13-15-21)30-24(18-8-10-19(26)11-9-18)28-23(29-30)25(31)27-22-7-5-6-16(2)17(22)3/h5-15H,4H2,1-3H3,(H,27,31). The second kappa shape index (κ2) is 9.24. The number of benzene rings is 3. The fourth-order valence-corrected chi connectivity index (χ4v) is 3.42. The van der Waals surface area contributed by atoms with Crippen LogP contribution in [0.5, 0.6) is 5.75 Å². The Hall–Kier alpha value is -3.64. The quantitative estimate of drug-likeness (QED) is 0.403. The third-order valence-corrected chi connectivity index (χ3v) is 5.41. The monoisotopic (exact) mass is 446 g/mol. The molecule has 32 heavy (non-hydrogen) atoms. The van der Waals surface area contributed by atoms with E-state index in [-0.39, 0.29) is 11.7 Å². The van der Waals surface area contributed by atoms with Gasteiger partial charge in [-0.2, -0.15) is 0 Å². The van der Waals surface area contributed by atoms with Gasteiger partial charge in [0, 0.05) is 16.3 Å². The van der Waals surface area contributed by atoms with Gasteiger partial charge in [0.25, 0.3) is 5.91 Å². The molecule has 1 aromatic heterocycles. The van der Waals surface area contributed by atoms with E-state index in [1.165, 1.54) is 0 Å². The van der Waals surface area contributed by atoms with Crippen LogP contribution in [0.1, 0.15) is 28.7 Å². The van der Waals surface area contributed by atoms with Crippen LogP contribution in [0.15, 0.2) is 66.7 Å². The molecule has 7 heteroatoms. The van der Waals surface area contributed by atoms with Gasteiger partial charge < -0.3 is 10.1 Å². The highest BCUT2D eigenvalue weighted by molar-refractivity contribution is 6.30. The van der Waals surface area contributed by atoms with Crippen molar-refractivity contribution >= 4 is 23.2 Å². The molecule has 4 aromatic rings. The number of aryl methyl sites for hydroxylation is 1. The summed E-state index contributed by atoms with van der Waals surface area (Å²) in [5.74, 6) is 0.998. The Kier molecular flexibility index (Phi) is 6.23. The smallest absolute Gasteiger partial charge is 0.295 e. The van der Waals surface area contributed by atoms with Gasteiger partial charge >= 0.3 is 0 Å². The normalized spacial score (nSPS) is 10.8. The fourth-order valence-electron chi connectivity index (χ4n) is 3.29. The lowest BCUT2D eigenvalue weighted by atomic mass is 10.1. The zero-order valence-electron chi connectivity index (χ0n) is 18.1. The van der Waals surface area contributed by atoms with Crippen molar-refractivity contribution in [2.75, 3.05) is 11.9 Å². The summed E-state index contributed by atoms with van der Waals surface area (Å²) in [7, 11) is 0. The second-order valence-corrected chi connectivity index (χ2v) is 7.74. The van der Waals surface area contributed by atoms with E-state index in [0.717, 1.165) is 33.8 Å². The van der Waals surface area contributed by atoms with Crippen molar-refractivity contribution in [1.29, 1.82) is 0 Å². The van der Waals surface area contributed by atoms with E-state index in [1.807, 2.05) is 75.4 Å². The van der Waals surface area contributed by atoms with Crippen molar-refractivity contribution in [1.82, 2.24) is 14.8 Å². The lowest BCUT2D eigenvalue weighted by Gasteiger charge is -2.08. The summed E-state index contributed by atoms with van der Waals surface area (Å²) in [6.07, 6.45) is 0. The maximum absolute atomic E-state index is 13.0. The SMILES string of the molecule is CCOc1ccc(-n2nc(C(=O)Nc3cccc(C)c3C)nc2-c2ccc(Cl)cc2)cc1. The number of hydrogen-bond acceptors (Lipinski definition) is 4. The summed E-state index contributed by atoms with van der Waals surface area (Å²) < 4.78 is 7.18. The van der Waals surface area contributed by atoms with Gasteiger partial charge in [0.15, 0.2) is 5.82 Å². The molecular formula is C25H23ClN4O2. The third-order valence-electron chi connectivity index (χ3n) is 5.16. The number of carbonyl (C=O) groups excluding carboxylic acids is 1. The molecule has 1 heterocycles. The van der Waals surface area contributed by atoms with Crippen molar-refractivity contribution in [3.63, 3.8) is 0 Å². The number of aromatic nitrogens is 3. The number of anilines is 1. The first-order valence-electron chi connectivity index (χ1n) is 10.3. The fraction of sp³-hybridized carbons (Fsp3) is 0.160. The highest BCUT2D eigenvalue weighted by Gasteiger charge is 2.20. The third kappa shape index (κ3) is 4.50. The van der Waals surface area contributed by atoms with Gasteiger partial charge in [0.05, 0.1) is 12.3 Å². The van der Waals surface area contributed by atoms with Crippen LogP contribution in [-0.2, 0) is 0 Å². The van der Waals surface area contributed by atoms with Crippen molar-refractivity contribution < 1.29 is 9.53 Å². The molecule has 0 aliphatic rings. The highest BCUT2D eigenvalue weighted by Crippen LogP contribution is 2.25.